The average Bonchev–Trinajstić information content (AvgIpc) is 2.79. The van der Waals surface area contributed by atoms with Gasteiger partial charge in [-0.25, -0.2) is 8.78 Å². The Labute approximate surface area is 116 Å². The molecule has 0 spiro atoms. The van der Waals surface area contributed by atoms with Gasteiger partial charge in [-0.1, -0.05) is 12.1 Å². The van der Waals surface area contributed by atoms with E-state index in [1.165, 1.54) is 7.11 Å². The van der Waals surface area contributed by atoms with Crippen molar-refractivity contribution in [1.29, 1.82) is 5.26 Å². The van der Waals surface area contributed by atoms with Crippen LogP contribution in [0.25, 0.3) is 0 Å². The lowest BCUT2D eigenvalue weighted by Crippen LogP contribution is -2.23. The Morgan fingerprint density at radius 3 is 2.55 bits per heavy atom. The molecule has 5 heteroatoms. The number of ether oxygens (including phenoxy) is 1. The molecule has 0 aromatic heterocycles. The molecule has 0 saturated heterocycles. The number of nitrogens with zero attached hydrogens (tertiary/aromatic N) is 1. The van der Waals surface area contributed by atoms with Crippen LogP contribution in [0.4, 0.5) is 8.78 Å². The fourth-order valence-electron chi connectivity index (χ4n) is 2.76. The van der Waals surface area contributed by atoms with Gasteiger partial charge in [0, 0.05) is 12.8 Å². The first kappa shape index (κ1) is 14.4. The van der Waals surface area contributed by atoms with Crippen LogP contribution in [0.2, 0.25) is 0 Å². The highest BCUT2D eigenvalue weighted by atomic mass is 19.3. The maximum absolute atomic E-state index is 13.4. The smallest absolute Gasteiger partial charge is 0.313 e. The molecule has 0 N–H and O–H groups in total. The normalized spacial score (nSPS) is 22.0. The Hall–Kier alpha value is -1.96. The first-order chi connectivity index (χ1) is 9.46. The highest BCUT2D eigenvalue weighted by Crippen LogP contribution is 2.45. The minimum absolute atomic E-state index is 0.193. The molecule has 2 atom stereocenters. The van der Waals surface area contributed by atoms with Crippen LogP contribution in [-0.4, -0.2) is 19.0 Å². The number of methoxy groups -OCH3 is 1. The largest absolute Gasteiger partial charge is 0.469 e. The van der Waals surface area contributed by atoms with E-state index in [1.807, 2.05) is 6.07 Å². The molecule has 2 unspecified atom stereocenters. The van der Waals surface area contributed by atoms with Crippen molar-refractivity contribution < 1.29 is 18.3 Å². The molecule has 0 bridgehead atoms. The molecule has 0 amide bonds. The second kappa shape index (κ2) is 5.58. The van der Waals surface area contributed by atoms with Crippen LogP contribution in [0, 0.1) is 17.2 Å². The predicted octanol–water partition coefficient (Wildman–Crippen LogP) is 3.25. The van der Waals surface area contributed by atoms with E-state index in [0.29, 0.717) is 17.5 Å². The lowest BCUT2D eigenvalue weighted by atomic mass is 9.84. The Balaban J connectivity index is 2.28. The van der Waals surface area contributed by atoms with Gasteiger partial charge in [0.15, 0.2) is 0 Å². The van der Waals surface area contributed by atoms with Crippen molar-refractivity contribution in [3.05, 3.63) is 35.4 Å². The zero-order valence-electron chi connectivity index (χ0n) is 11.1. The van der Waals surface area contributed by atoms with Crippen molar-refractivity contribution >= 4 is 5.97 Å². The molecule has 3 nitrogen and oxygen atoms in total. The monoisotopic (exact) mass is 279 g/mol. The second-order valence-corrected chi connectivity index (χ2v) is 5.09. The van der Waals surface area contributed by atoms with Crippen molar-refractivity contribution in [3.63, 3.8) is 0 Å². The molecule has 1 saturated carbocycles. The maximum Gasteiger partial charge on any atom is 0.313 e. The number of rotatable bonds is 3. The molecular weight excluding hydrogens is 264 g/mol. The van der Waals surface area contributed by atoms with Gasteiger partial charge in [-0.2, -0.15) is 5.26 Å². The molecule has 1 aromatic carbocycles. The zero-order valence-corrected chi connectivity index (χ0v) is 11.1. The van der Waals surface area contributed by atoms with Crippen LogP contribution in [-0.2, 0) is 9.53 Å². The summed E-state index contributed by atoms with van der Waals surface area (Å²) < 4.78 is 31.5. The van der Waals surface area contributed by atoms with E-state index in [9.17, 15) is 13.6 Å². The number of esters is 1. The van der Waals surface area contributed by atoms with Gasteiger partial charge in [-0.05, 0) is 30.0 Å². The summed E-state index contributed by atoms with van der Waals surface area (Å²) in [6.45, 7) is 0. The Morgan fingerprint density at radius 2 is 2.10 bits per heavy atom. The number of carbonyl (C=O) groups excluding carboxylic acids is 1. The van der Waals surface area contributed by atoms with E-state index >= 15 is 0 Å². The fraction of sp³-hybridized carbons (Fsp3) is 0.467. The summed E-state index contributed by atoms with van der Waals surface area (Å²) in [7, 11) is 1.26. The van der Waals surface area contributed by atoms with Crippen molar-refractivity contribution in [2.24, 2.45) is 5.92 Å². The van der Waals surface area contributed by atoms with E-state index in [4.69, 9.17) is 10.00 Å². The van der Waals surface area contributed by atoms with Crippen molar-refractivity contribution in [2.75, 3.05) is 7.11 Å². The SMILES string of the molecule is COC(=O)C(c1ccc(C#N)cc1)C1CCC(F)(F)C1. The van der Waals surface area contributed by atoms with Crippen molar-refractivity contribution in [3.8, 4) is 6.07 Å². The van der Waals surface area contributed by atoms with Gasteiger partial charge in [0.2, 0.25) is 5.92 Å². The lowest BCUT2D eigenvalue weighted by Gasteiger charge is -2.21. The number of nitriles is 1. The average molecular weight is 279 g/mol. The van der Waals surface area contributed by atoms with Crippen molar-refractivity contribution in [2.45, 2.75) is 31.1 Å². The van der Waals surface area contributed by atoms with E-state index in [2.05, 4.69) is 0 Å². The number of hydrogen-bond acceptors (Lipinski definition) is 3. The standard InChI is InChI=1S/C15H15F2NO2/c1-20-14(19)13(12-6-7-15(16,17)8-12)11-4-2-10(9-18)3-5-11/h2-5,12-13H,6-8H2,1H3. The van der Waals surface area contributed by atoms with Crippen LogP contribution in [0.5, 0.6) is 0 Å². The summed E-state index contributed by atoms with van der Waals surface area (Å²) >= 11 is 0. The molecule has 1 aliphatic carbocycles. The van der Waals surface area contributed by atoms with Gasteiger partial charge in [0.05, 0.1) is 24.7 Å². The minimum atomic E-state index is -2.70. The van der Waals surface area contributed by atoms with Crippen LogP contribution in [0.3, 0.4) is 0 Å². The summed E-state index contributed by atoms with van der Waals surface area (Å²) in [6.07, 6.45) is -0.193. The molecule has 0 heterocycles. The zero-order chi connectivity index (χ0) is 14.8. The highest BCUT2D eigenvalue weighted by Gasteiger charge is 2.45. The number of benzene rings is 1. The number of halogens is 2. The lowest BCUT2D eigenvalue weighted by molar-refractivity contribution is -0.144. The quantitative estimate of drug-likeness (QED) is 0.798. The number of hydrogen-bond donors (Lipinski definition) is 0. The second-order valence-electron chi connectivity index (χ2n) is 5.09. The maximum atomic E-state index is 13.4. The Kier molecular flexibility index (Phi) is 4.03. The molecular formula is C15H15F2NO2. The Bertz CT molecular complexity index is 534. The number of alkyl halides is 2. The molecule has 2 rings (SSSR count). The summed E-state index contributed by atoms with van der Waals surface area (Å²) in [4.78, 5) is 11.9. The predicted molar refractivity (Wildman–Crippen MR) is 68.2 cm³/mol. The van der Waals surface area contributed by atoms with E-state index in [0.717, 1.165) is 0 Å². The Morgan fingerprint density at radius 1 is 1.45 bits per heavy atom. The molecule has 106 valence electrons. The molecule has 20 heavy (non-hydrogen) atoms. The molecule has 0 aliphatic heterocycles. The van der Waals surface area contributed by atoms with Gasteiger partial charge < -0.3 is 4.74 Å². The van der Waals surface area contributed by atoms with Gasteiger partial charge in [-0.3, -0.25) is 4.79 Å². The minimum Gasteiger partial charge on any atom is -0.469 e. The van der Waals surface area contributed by atoms with Gasteiger partial charge in [0.1, 0.15) is 0 Å². The van der Waals surface area contributed by atoms with Crippen molar-refractivity contribution in [1.82, 2.24) is 0 Å². The third-order valence-electron chi connectivity index (χ3n) is 3.77. The van der Waals surface area contributed by atoms with E-state index in [1.54, 1.807) is 24.3 Å². The summed E-state index contributed by atoms with van der Waals surface area (Å²) in [6, 6.07) is 8.42. The van der Waals surface area contributed by atoms with E-state index in [-0.39, 0.29) is 12.8 Å². The summed E-state index contributed by atoms with van der Waals surface area (Å²) in [5.41, 5.74) is 1.09. The number of carbonyl (C=O) groups is 1. The fourth-order valence-corrected chi connectivity index (χ4v) is 2.76. The topological polar surface area (TPSA) is 50.1 Å². The highest BCUT2D eigenvalue weighted by molar-refractivity contribution is 5.78. The van der Waals surface area contributed by atoms with Crippen LogP contribution < -0.4 is 0 Å². The third kappa shape index (κ3) is 2.96. The summed E-state index contributed by atoms with van der Waals surface area (Å²) in [5, 5.41) is 8.76. The van der Waals surface area contributed by atoms with Gasteiger partial charge >= 0.3 is 5.97 Å². The first-order valence-electron chi connectivity index (χ1n) is 6.42. The molecule has 1 aliphatic rings. The third-order valence-corrected chi connectivity index (χ3v) is 3.77. The summed E-state index contributed by atoms with van der Waals surface area (Å²) in [5.74, 6) is -4.33. The van der Waals surface area contributed by atoms with Crippen LogP contribution >= 0.6 is 0 Å². The molecule has 0 radical (unpaired) electrons. The molecule has 1 fully saturated rings. The molecule has 1 aromatic rings. The van der Waals surface area contributed by atoms with Crippen LogP contribution in [0.15, 0.2) is 24.3 Å². The van der Waals surface area contributed by atoms with E-state index < -0.39 is 23.7 Å². The van der Waals surface area contributed by atoms with Gasteiger partial charge in [-0.15, -0.1) is 0 Å². The first-order valence-corrected chi connectivity index (χ1v) is 6.42. The van der Waals surface area contributed by atoms with Crippen LogP contribution in [0.1, 0.15) is 36.3 Å². The van der Waals surface area contributed by atoms with Gasteiger partial charge in [0.25, 0.3) is 0 Å².